The van der Waals surface area contributed by atoms with Crippen molar-refractivity contribution >= 4 is 17.7 Å². The number of ether oxygens (including phenoxy) is 1. The number of aliphatic carboxylic acids is 1. The Bertz CT molecular complexity index is 362. The molecule has 1 heterocycles. The first kappa shape index (κ1) is 9.40. The summed E-state index contributed by atoms with van der Waals surface area (Å²) in [6.07, 6.45) is 1.10. The number of hydrogen-bond acceptors (Lipinski definition) is 3. The number of fused-ring (bicyclic) bond motifs is 1. The van der Waals surface area contributed by atoms with Crippen LogP contribution in [0.3, 0.4) is 0 Å². The lowest BCUT2D eigenvalue weighted by molar-refractivity contribution is -0.139. The summed E-state index contributed by atoms with van der Waals surface area (Å²) < 4.78 is 5.08. The molecule has 2 rings (SSSR count). The average Bonchev–Trinajstić information content (AvgIpc) is 2.61. The van der Waals surface area contributed by atoms with Crippen molar-refractivity contribution in [2.24, 2.45) is 0 Å². The van der Waals surface area contributed by atoms with Crippen LogP contribution >= 0.6 is 11.8 Å². The van der Waals surface area contributed by atoms with E-state index in [-0.39, 0.29) is 6.61 Å². The van der Waals surface area contributed by atoms with Gasteiger partial charge in [-0.1, -0.05) is 6.07 Å². The normalized spacial score (nSPS) is 13.7. The molecular weight excluding hydrogens is 200 g/mol. The molecule has 14 heavy (non-hydrogen) atoms. The zero-order chi connectivity index (χ0) is 9.97. The fourth-order valence-electron chi connectivity index (χ4n) is 1.38. The highest BCUT2D eigenvalue weighted by molar-refractivity contribution is 7.99. The third kappa shape index (κ3) is 2.01. The van der Waals surface area contributed by atoms with Crippen LogP contribution in [-0.2, 0) is 11.2 Å². The number of benzene rings is 1. The number of carboxylic acid groups (broad SMARTS) is 1. The molecule has 1 aliphatic heterocycles. The Morgan fingerprint density at radius 2 is 2.43 bits per heavy atom. The Labute approximate surface area is 86.1 Å². The highest BCUT2D eigenvalue weighted by Crippen LogP contribution is 2.33. The average molecular weight is 210 g/mol. The summed E-state index contributed by atoms with van der Waals surface area (Å²) in [6.45, 7) is -0.274. The third-order valence-electron chi connectivity index (χ3n) is 2.03. The van der Waals surface area contributed by atoms with Crippen molar-refractivity contribution in [3.8, 4) is 5.75 Å². The van der Waals surface area contributed by atoms with Gasteiger partial charge in [0, 0.05) is 10.6 Å². The van der Waals surface area contributed by atoms with Gasteiger partial charge in [-0.25, -0.2) is 4.79 Å². The summed E-state index contributed by atoms with van der Waals surface area (Å²) in [7, 11) is 0. The standard InChI is InChI=1S/C10H10O3S/c11-10(12)6-13-8-2-1-7-3-4-14-9(7)5-8/h1-2,5H,3-4,6H2,(H,11,12). The van der Waals surface area contributed by atoms with E-state index >= 15 is 0 Å². The highest BCUT2D eigenvalue weighted by atomic mass is 32.2. The van der Waals surface area contributed by atoms with Gasteiger partial charge in [0.2, 0.25) is 0 Å². The number of thioether (sulfide) groups is 1. The van der Waals surface area contributed by atoms with Crippen LogP contribution in [0.2, 0.25) is 0 Å². The molecule has 4 heteroatoms. The lowest BCUT2D eigenvalue weighted by Crippen LogP contribution is -2.09. The molecule has 3 nitrogen and oxygen atoms in total. The maximum absolute atomic E-state index is 10.3. The SMILES string of the molecule is O=C(O)COc1ccc2c(c1)SCC2. The van der Waals surface area contributed by atoms with Crippen LogP contribution in [-0.4, -0.2) is 23.4 Å². The molecule has 0 saturated carbocycles. The van der Waals surface area contributed by atoms with E-state index in [2.05, 4.69) is 0 Å². The molecule has 74 valence electrons. The Morgan fingerprint density at radius 1 is 1.57 bits per heavy atom. The molecule has 0 amide bonds. The second kappa shape index (κ2) is 3.92. The monoisotopic (exact) mass is 210 g/mol. The van der Waals surface area contributed by atoms with E-state index in [0.29, 0.717) is 5.75 Å². The zero-order valence-corrected chi connectivity index (χ0v) is 8.34. The minimum absolute atomic E-state index is 0.274. The van der Waals surface area contributed by atoms with Crippen LogP contribution in [0.4, 0.5) is 0 Å². The van der Waals surface area contributed by atoms with E-state index in [1.54, 1.807) is 11.8 Å². The van der Waals surface area contributed by atoms with Gasteiger partial charge in [-0.15, -0.1) is 11.8 Å². The van der Waals surface area contributed by atoms with E-state index in [1.807, 2.05) is 18.2 Å². The number of hydrogen-bond donors (Lipinski definition) is 1. The van der Waals surface area contributed by atoms with E-state index in [1.165, 1.54) is 10.5 Å². The van der Waals surface area contributed by atoms with E-state index in [4.69, 9.17) is 9.84 Å². The molecule has 0 bridgehead atoms. The van der Waals surface area contributed by atoms with E-state index < -0.39 is 5.97 Å². The molecule has 1 aliphatic rings. The van der Waals surface area contributed by atoms with Crippen molar-refractivity contribution < 1.29 is 14.6 Å². The largest absolute Gasteiger partial charge is 0.482 e. The summed E-state index contributed by atoms with van der Waals surface area (Å²) >= 11 is 1.79. The third-order valence-corrected chi connectivity index (χ3v) is 3.13. The number of carboxylic acids is 1. The summed E-state index contributed by atoms with van der Waals surface area (Å²) in [4.78, 5) is 11.5. The van der Waals surface area contributed by atoms with Crippen molar-refractivity contribution in [2.45, 2.75) is 11.3 Å². The van der Waals surface area contributed by atoms with Gasteiger partial charge in [0.05, 0.1) is 0 Å². The Morgan fingerprint density at radius 3 is 3.21 bits per heavy atom. The summed E-state index contributed by atoms with van der Waals surface area (Å²) in [5.74, 6) is 0.802. The minimum atomic E-state index is -0.946. The summed E-state index contributed by atoms with van der Waals surface area (Å²) in [6, 6.07) is 5.75. The van der Waals surface area contributed by atoms with Gasteiger partial charge < -0.3 is 9.84 Å². The Kier molecular flexibility index (Phi) is 2.63. The summed E-state index contributed by atoms with van der Waals surface area (Å²) in [5.41, 5.74) is 1.33. The van der Waals surface area contributed by atoms with Gasteiger partial charge in [0.1, 0.15) is 5.75 Å². The molecule has 0 unspecified atom stereocenters. The summed E-state index contributed by atoms with van der Waals surface area (Å²) in [5, 5.41) is 8.44. The van der Waals surface area contributed by atoms with E-state index in [9.17, 15) is 4.79 Å². The molecule has 0 fully saturated rings. The molecule has 0 atom stereocenters. The minimum Gasteiger partial charge on any atom is -0.482 e. The molecular formula is C10H10O3S. The quantitative estimate of drug-likeness (QED) is 0.826. The number of aryl methyl sites for hydroxylation is 1. The van der Waals surface area contributed by atoms with E-state index in [0.717, 1.165) is 12.2 Å². The van der Waals surface area contributed by atoms with Crippen LogP contribution < -0.4 is 4.74 Å². The maximum atomic E-state index is 10.3. The van der Waals surface area contributed by atoms with Crippen molar-refractivity contribution in [2.75, 3.05) is 12.4 Å². The van der Waals surface area contributed by atoms with Gasteiger partial charge in [-0.3, -0.25) is 0 Å². The van der Waals surface area contributed by atoms with Gasteiger partial charge in [-0.2, -0.15) is 0 Å². The molecule has 0 aliphatic carbocycles. The predicted molar refractivity (Wildman–Crippen MR) is 54.0 cm³/mol. The van der Waals surface area contributed by atoms with Gasteiger partial charge in [-0.05, 0) is 24.1 Å². The van der Waals surface area contributed by atoms with Crippen molar-refractivity contribution in [1.29, 1.82) is 0 Å². The Balaban J connectivity index is 2.09. The van der Waals surface area contributed by atoms with Crippen LogP contribution in [0.5, 0.6) is 5.75 Å². The first-order valence-electron chi connectivity index (χ1n) is 4.36. The van der Waals surface area contributed by atoms with Crippen LogP contribution in [0.1, 0.15) is 5.56 Å². The first-order chi connectivity index (χ1) is 6.75. The fraction of sp³-hybridized carbons (Fsp3) is 0.300. The number of carbonyl (C=O) groups is 1. The van der Waals surface area contributed by atoms with Crippen molar-refractivity contribution in [3.05, 3.63) is 23.8 Å². The Hall–Kier alpha value is -1.16. The maximum Gasteiger partial charge on any atom is 0.341 e. The lowest BCUT2D eigenvalue weighted by Gasteiger charge is -2.04. The number of rotatable bonds is 3. The van der Waals surface area contributed by atoms with Crippen LogP contribution in [0, 0.1) is 0 Å². The molecule has 1 N–H and O–H groups in total. The molecule has 0 spiro atoms. The second-order valence-electron chi connectivity index (χ2n) is 3.05. The highest BCUT2D eigenvalue weighted by Gasteiger charge is 2.12. The van der Waals surface area contributed by atoms with Gasteiger partial charge >= 0.3 is 5.97 Å². The van der Waals surface area contributed by atoms with Crippen LogP contribution in [0.25, 0.3) is 0 Å². The van der Waals surface area contributed by atoms with Crippen molar-refractivity contribution in [1.82, 2.24) is 0 Å². The first-order valence-corrected chi connectivity index (χ1v) is 5.34. The molecule has 0 aromatic heterocycles. The van der Waals surface area contributed by atoms with Gasteiger partial charge in [0.15, 0.2) is 6.61 Å². The second-order valence-corrected chi connectivity index (χ2v) is 4.19. The van der Waals surface area contributed by atoms with Crippen molar-refractivity contribution in [3.63, 3.8) is 0 Å². The zero-order valence-electron chi connectivity index (χ0n) is 7.53. The fourth-order valence-corrected chi connectivity index (χ4v) is 2.48. The molecule has 0 radical (unpaired) electrons. The van der Waals surface area contributed by atoms with Gasteiger partial charge in [0.25, 0.3) is 0 Å². The topological polar surface area (TPSA) is 46.5 Å². The smallest absolute Gasteiger partial charge is 0.341 e. The van der Waals surface area contributed by atoms with Crippen LogP contribution in [0.15, 0.2) is 23.1 Å². The molecule has 1 aromatic carbocycles. The molecule has 0 saturated heterocycles. The predicted octanol–water partition coefficient (Wildman–Crippen LogP) is 1.80. The molecule has 1 aromatic rings. The lowest BCUT2D eigenvalue weighted by atomic mass is 10.2.